The zero-order valence-electron chi connectivity index (χ0n) is 10.0. The summed E-state index contributed by atoms with van der Waals surface area (Å²) in [5.74, 6) is 0.329. The van der Waals surface area contributed by atoms with Gasteiger partial charge in [-0.25, -0.2) is 4.79 Å². The van der Waals surface area contributed by atoms with E-state index in [0.717, 1.165) is 16.8 Å². The minimum atomic E-state index is -0.430. The lowest BCUT2D eigenvalue weighted by molar-refractivity contribution is -0.136. The summed E-state index contributed by atoms with van der Waals surface area (Å²) < 4.78 is 5.35. The molecule has 1 aliphatic rings. The normalized spacial score (nSPS) is 17.6. The maximum absolute atomic E-state index is 12.0. The summed E-state index contributed by atoms with van der Waals surface area (Å²) in [5.41, 5.74) is 2.91. The molecule has 3 nitrogen and oxygen atoms in total. The first kappa shape index (κ1) is 10.8. The molecule has 0 amide bonds. The Hall–Kier alpha value is -2.29. The van der Waals surface area contributed by atoms with Crippen LogP contribution in [0.25, 0.3) is 0 Å². The van der Waals surface area contributed by atoms with Gasteiger partial charge in [0.15, 0.2) is 11.8 Å². The highest BCUT2D eigenvalue weighted by Crippen LogP contribution is 2.34. The van der Waals surface area contributed by atoms with Crippen molar-refractivity contribution >= 4 is 11.7 Å². The third-order valence-electron chi connectivity index (χ3n) is 3.01. The van der Waals surface area contributed by atoms with E-state index in [1.165, 1.54) is 0 Å². The second kappa shape index (κ2) is 4.18. The SMILES string of the molecule is Cc1ccc2c(c1)NC(c1ccccc1)C(=O)O2. The number of nitrogens with one attached hydrogen (secondary N) is 1. The fourth-order valence-corrected chi connectivity index (χ4v) is 2.09. The molecule has 0 saturated heterocycles. The van der Waals surface area contributed by atoms with Crippen LogP contribution in [0, 0.1) is 6.92 Å². The van der Waals surface area contributed by atoms with Crippen LogP contribution in [0.1, 0.15) is 17.2 Å². The summed E-state index contributed by atoms with van der Waals surface area (Å²) in [6.07, 6.45) is 0. The molecule has 18 heavy (non-hydrogen) atoms. The number of hydrogen-bond acceptors (Lipinski definition) is 3. The summed E-state index contributed by atoms with van der Waals surface area (Å²) >= 11 is 0. The standard InChI is InChI=1S/C15H13NO2/c1-10-7-8-13-12(9-10)16-14(15(17)18-13)11-5-3-2-4-6-11/h2-9,14,16H,1H3. The summed E-state index contributed by atoms with van der Waals surface area (Å²) in [6.45, 7) is 2.01. The van der Waals surface area contributed by atoms with Gasteiger partial charge in [-0.2, -0.15) is 0 Å². The molecule has 1 N–H and O–H groups in total. The number of fused-ring (bicyclic) bond motifs is 1. The number of hydrogen-bond donors (Lipinski definition) is 1. The van der Waals surface area contributed by atoms with Crippen molar-refractivity contribution in [1.29, 1.82) is 0 Å². The fourth-order valence-electron chi connectivity index (χ4n) is 2.09. The highest BCUT2D eigenvalue weighted by molar-refractivity contribution is 5.88. The molecular weight excluding hydrogens is 226 g/mol. The summed E-state index contributed by atoms with van der Waals surface area (Å²) in [5, 5.41) is 3.23. The van der Waals surface area contributed by atoms with Crippen molar-refractivity contribution in [3.63, 3.8) is 0 Å². The van der Waals surface area contributed by atoms with Crippen molar-refractivity contribution in [3.05, 3.63) is 59.7 Å². The van der Waals surface area contributed by atoms with Crippen LogP contribution >= 0.6 is 0 Å². The van der Waals surface area contributed by atoms with Gasteiger partial charge in [-0.3, -0.25) is 0 Å². The third kappa shape index (κ3) is 1.84. The van der Waals surface area contributed by atoms with E-state index in [0.29, 0.717) is 5.75 Å². The lowest BCUT2D eigenvalue weighted by atomic mass is 10.0. The van der Waals surface area contributed by atoms with Gasteiger partial charge in [0.25, 0.3) is 0 Å². The lowest BCUT2D eigenvalue weighted by Crippen LogP contribution is -2.29. The Morgan fingerprint density at radius 1 is 1.11 bits per heavy atom. The minimum absolute atomic E-state index is 0.266. The van der Waals surface area contributed by atoms with Gasteiger partial charge in [0.05, 0.1) is 5.69 Å². The van der Waals surface area contributed by atoms with Crippen molar-refractivity contribution in [3.8, 4) is 5.75 Å². The molecule has 3 heteroatoms. The summed E-state index contributed by atoms with van der Waals surface area (Å²) in [6, 6.07) is 14.9. The summed E-state index contributed by atoms with van der Waals surface area (Å²) in [7, 11) is 0. The zero-order chi connectivity index (χ0) is 12.5. The van der Waals surface area contributed by atoms with E-state index in [1.54, 1.807) is 0 Å². The number of benzene rings is 2. The molecule has 0 aromatic heterocycles. The van der Waals surface area contributed by atoms with E-state index >= 15 is 0 Å². The number of rotatable bonds is 1. The Balaban J connectivity index is 1.99. The van der Waals surface area contributed by atoms with Crippen molar-refractivity contribution in [2.45, 2.75) is 13.0 Å². The van der Waals surface area contributed by atoms with E-state index in [1.807, 2.05) is 55.5 Å². The molecule has 3 rings (SSSR count). The van der Waals surface area contributed by atoms with Crippen molar-refractivity contribution in [2.24, 2.45) is 0 Å². The Morgan fingerprint density at radius 3 is 2.67 bits per heavy atom. The third-order valence-corrected chi connectivity index (χ3v) is 3.01. The average Bonchev–Trinajstić information content (AvgIpc) is 2.39. The van der Waals surface area contributed by atoms with Crippen LogP contribution < -0.4 is 10.1 Å². The molecule has 0 radical (unpaired) electrons. The lowest BCUT2D eigenvalue weighted by Gasteiger charge is -2.26. The highest BCUT2D eigenvalue weighted by atomic mass is 16.5. The van der Waals surface area contributed by atoms with Crippen molar-refractivity contribution in [1.82, 2.24) is 0 Å². The molecule has 0 saturated carbocycles. The first-order valence-electron chi connectivity index (χ1n) is 5.88. The number of aryl methyl sites for hydroxylation is 1. The maximum atomic E-state index is 12.0. The molecule has 1 aliphatic heterocycles. The van der Waals surface area contributed by atoms with Gasteiger partial charge in [0, 0.05) is 0 Å². The van der Waals surface area contributed by atoms with Gasteiger partial charge in [-0.15, -0.1) is 0 Å². The molecule has 1 heterocycles. The van der Waals surface area contributed by atoms with Gasteiger partial charge in [0.1, 0.15) is 0 Å². The van der Waals surface area contributed by atoms with Crippen LogP contribution in [0.5, 0.6) is 5.75 Å². The molecule has 0 aliphatic carbocycles. The number of ether oxygens (including phenoxy) is 1. The maximum Gasteiger partial charge on any atom is 0.338 e. The van der Waals surface area contributed by atoms with Gasteiger partial charge in [-0.05, 0) is 30.2 Å². The number of carbonyl (C=O) groups excluding carboxylic acids is 1. The summed E-state index contributed by atoms with van der Waals surface area (Å²) in [4.78, 5) is 12.0. The van der Waals surface area contributed by atoms with Crippen LogP contribution in [0.3, 0.4) is 0 Å². The van der Waals surface area contributed by atoms with Crippen LogP contribution in [-0.2, 0) is 4.79 Å². The van der Waals surface area contributed by atoms with Crippen LogP contribution in [-0.4, -0.2) is 5.97 Å². The van der Waals surface area contributed by atoms with E-state index in [-0.39, 0.29) is 5.97 Å². The number of carbonyl (C=O) groups is 1. The van der Waals surface area contributed by atoms with Gasteiger partial charge >= 0.3 is 5.97 Å². The number of esters is 1. The van der Waals surface area contributed by atoms with Gasteiger partial charge in [-0.1, -0.05) is 36.4 Å². The topological polar surface area (TPSA) is 38.3 Å². The van der Waals surface area contributed by atoms with Gasteiger partial charge in [0.2, 0.25) is 0 Å². The first-order chi connectivity index (χ1) is 8.74. The first-order valence-corrected chi connectivity index (χ1v) is 5.88. The second-order valence-corrected chi connectivity index (χ2v) is 4.41. The van der Waals surface area contributed by atoms with E-state index in [2.05, 4.69) is 5.32 Å². The average molecular weight is 239 g/mol. The van der Waals surface area contributed by atoms with Gasteiger partial charge < -0.3 is 10.1 Å². The predicted octanol–water partition coefficient (Wildman–Crippen LogP) is 3.07. The Morgan fingerprint density at radius 2 is 1.89 bits per heavy atom. The zero-order valence-corrected chi connectivity index (χ0v) is 10.0. The predicted molar refractivity (Wildman–Crippen MR) is 69.6 cm³/mol. The largest absolute Gasteiger partial charge is 0.423 e. The van der Waals surface area contributed by atoms with E-state index in [9.17, 15) is 4.79 Å². The molecule has 1 unspecified atom stereocenters. The van der Waals surface area contributed by atoms with Crippen LogP contribution in [0.4, 0.5) is 5.69 Å². The van der Waals surface area contributed by atoms with Crippen LogP contribution in [0.15, 0.2) is 48.5 Å². The molecule has 2 aromatic rings. The number of anilines is 1. The quantitative estimate of drug-likeness (QED) is 0.614. The fraction of sp³-hybridized carbons (Fsp3) is 0.133. The van der Waals surface area contributed by atoms with Crippen LogP contribution in [0.2, 0.25) is 0 Å². The smallest absolute Gasteiger partial charge is 0.338 e. The Bertz CT molecular complexity index is 593. The van der Waals surface area contributed by atoms with Crippen molar-refractivity contribution in [2.75, 3.05) is 5.32 Å². The monoisotopic (exact) mass is 239 g/mol. The molecule has 2 aromatic carbocycles. The molecule has 90 valence electrons. The Kier molecular flexibility index (Phi) is 2.52. The van der Waals surface area contributed by atoms with E-state index < -0.39 is 6.04 Å². The van der Waals surface area contributed by atoms with E-state index in [4.69, 9.17) is 4.74 Å². The minimum Gasteiger partial charge on any atom is -0.423 e. The molecule has 0 spiro atoms. The van der Waals surface area contributed by atoms with Crippen molar-refractivity contribution < 1.29 is 9.53 Å². The molecule has 1 atom stereocenters. The molecule has 0 bridgehead atoms. The Labute approximate surface area is 105 Å². The molecule has 0 fully saturated rings. The molecular formula is C15H13NO2. The second-order valence-electron chi connectivity index (χ2n) is 4.41. The highest BCUT2D eigenvalue weighted by Gasteiger charge is 2.28.